The van der Waals surface area contributed by atoms with Gasteiger partial charge in [-0.1, -0.05) is 13.0 Å². The molecule has 0 aliphatic carbocycles. The fraction of sp³-hybridized carbons (Fsp3) is 0.200. The van der Waals surface area contributed by atoms with Gasteiger partial charge in [-0.3, -0.25) is 0 Å². The zero-order valence-corrected chi connectivity index (χ0v) is 3.97. The van der Waals surface area contributed by atoms with Crippen molar-refractivity contribution in [3.63, 3.8) is 0 Å². The molecule has 0 saturated carbocycles. The first kappa shape index (κ1) is 5.72. The van der Waals surface area contributed by atoms with Crippen molar-refractivity contribution in [2.75, 3.05) is 0 Å². The quantitative estimate of drug-likeness (QED) is 0.327. The van der Waals surface area contributed by atoms with Crippen LogP contribution in [-0.4, -0.2) is 0 Å². The van der Waals surface area contributed by atoms with Gasteiger partial charge in [0.1, 0.15) is 0 Å². The van der Waals surface area contributed by atoms with Gasteiger partial charge in [0.25, 0.3) is 5.70 Å². The molecule has 0 aromatic rings. The molecule has 0 amide bonds. The van der Waals surface area contributed by atoms with Gasteiger partial charge in [-0.15, -0.1) is 0 Å². The zero-order chi connectivity index (χ0) is 5.70. The number of nitriles is 1. The summed E-state index contributed by atoms with van der Waals surface area (Å²) in [6.45, 7) is 7.96. The van der Waals surface area contributed by atoms with E-state index < -0.39 is 0 Å². The molecular weight excluding hydrogens is 88.1 g/mol. The summed E-state index contributed by atoms with van der Waals surface area (Å²) < 4.78 is 0. The Balaban J connectivity index is 4.03. The highest BCUT2D eigenvalue weighted by Crippen LogP contribution is 1.89. The van der Waals surface area contributed by atoms with Crippen molar-refractivity contribution >= 4 is 0 Å². The smallest absolute Gasteiger partial charge is 0.227 e. The lowest BCUT2D eigenvalue weighted by atomic mass is 10.5. The third kappa shape index (κ3) is 1.57. The third-order valence-electron chi connectivity index (χ3n) is 0.508. The minimum absolute atomic E-state index is 0.153. The first-order valence-electron chi connectivity index (χ1n) is 1.79. The van der Waals surface area contributed by atoms with Crippen LogP contribution in [0.4, 0.5) is 0 Å². The van der Waals surface area contributed by atoms with Crippen LogP contribution in [0.2, 0.25) is 0 Å². The van der Waals surface area contributed by atoms with Gasteiger partial charge in [0.2, 0.25) is 0 Å². The van der Waals surface area contributed by atoms with Gasteiger partial charge >= 0.3 is 0 Å². The van der Waals surface area contributed by atoms with E-state index >= 15 is 0 Å². The third-order valence-corrected chi connectivity index (χ3v) is 0.508. The largest absolute Gasteiger partial charge is 0.257 e. The van der Waals surface area contributed by atoms with Crippen LogP contribution in [-0.2, 0) is 0 Å². The molecule has 0 aromatic carbocycles. The maximum absolute atomic E-state index is 7.99. The Kier molecular flexibility index (Phi) is 2.40. The van der Waals surface area contributed by atoms with Gasteiger partial charge in [0, 0.05) is 0 Å². The van der Waals surface area contributed by atoms with Gasteiger partial charge in [-0.25, -0.2) is 10.1 Å². The predicted octanol–water partition coefficient (Wildman–Crippen LogP) is 1.33. The second-order valence-electron chi connectivity index (χ2n) is 0.898. The lowest BCUT2D eigenvalue weighted by Gasteiger charge is -1.68. The molecule has 0 unspecified atom stereocenters. The number of allylic oxidation sites excluding steroid dienone is 2. The van der Waals surface area contributed by atoms with Crippen LogP contribution in [0.3, 0.4) is 0 Å². The van der Waals surface area contributed by atoms with Crippen LogP contribution in [0.1, 0.15) is 6.92 Å². The van der Waals surface area contributed by atoms with Crippen LogP contribution in [0.5, 0.6) is 0 Å². The summed E-state index contributed by atoms with van der Waals surface area (Å²) in [5.74, 6) is 0. The number of rotatable bonds is 0. The molecule has 0 rings (SSSR count). The Morgan fingerprint density at radius 3 is 2.57 bits per heavy atom. The molecule has 0 fully saturated rings. The molecular formula is C5H4N2. The second kappa shape index (κ2) is 2.93. The van der Waals surface area contributed by atoms with E-state index in [-0.39, 0.29) is 5.70 Å². The zero-order valence-electron chi connectivity index (χ0n) is 3.97. The molecule has 0 atom stereocenters. The molecule has 0 saturated heterocycles. The topological polar surface area (TPSA) is 28.1 Å². The van der Waals surface area contributed by atoms with Crippen LogP contribution >= 0.6 is 0 Å². The Bertz CT molecular complexity index is 138. The summed E-state index contributed by atoms with van der Waals surface area (Å²) in [5.41, 5.74) is 0.153. The summed E-state index contributed by atoms with van der Waals surface area (Å²) in [6, 6.07) is 1.71. The van der Waals surface area contributed by atoms with Gasteiger partial charge in [0.05, 0.1) is 12.6 Å². The molecule has 0 N–H and O–H groups in total. The summed E-state index contributed by atoms with van der Waals surface area (Å²) >= 11 is 0. The Hall–Kier alpha value is -1.28. The molecule has 34 valence electrons. The number of nitrogens with zero attached hydrogens (tertiary/aromatic N) is 2. The molecule has 0 radical (unpaired) electrons. The van der Waals surface area contributed by atoms with Crippen LogP contribution in [0, 0.1) is 17.9 Å². The lowest BCUT2D eigenvalue weighted by Crippen LogP contribution is -1.59. The molecule has 0 aliphatic rings. The maximum atomic E-state index is 7.99. The van der Waals surface area contributed by atoms with Gasteiger partial charge in [0.15, 0.2) is 0 Å². The molecule has 0 bridgehead atoms. The Morgan fingerprint density at radius 1 is 2.00 bits per heavy atom. The minimum atomic E-state index is 0.153. The highest BCUT2D eigenvalue weighted by molar-refractivity contribution is 5.25. The first-order valence-corrected chi connectivity index (χ1v) is 1.79. The highest BCUT2D eigenvalue weighted by Gasteiger charge is 1.81. The van der Waals surface area contributed by atoms with E-state index in [1.807, 2.05) is 0 Å². The van der Waals surface area contributed by atoms with Gasteiger partial charge in [-0.2, -0.15) is 0 Å². The summed E-state index contributed by atoms with van der Waals surface area (Å²) in [4.78, 5) is 2.88. The van der Waals surface area contributed by atoms with Crippen LogP contribution < -0.4 is 0 Å². The van der Waals surface area contributed by atoms with Crippen molar-refractivity contribution in [2.24, 2.45) is 0 Å². The van der Waals surface area contributed by atoms with Gasteiger partial charge in [-0.05, 0) is 0 Å². The maximum Gasteiger partial charge on any atom is 0.257 e. The fourth-order valence-electron chi connectivity index (χ4n) is 0.154. The predicted molar refractivity (Wildman–Crippen MR) is 26.0 cm³/mol. The molecule has 2 heteroatoms. The molecule has 2 nitrogen and oxygen atoms in total. The Labute approximate surface area is 42.5 Å². The van der Waals surface area contributed by atoms with E-state index in [1.165, 1.54) is 6.08 Å². The summed E-state index contributed by atoms with van der Waals surface area (Å²) in [7, 11) is 0. The molecule has 7 heavy (non-hydrogen) atoms. The van der Waals surface area contributed by atoms with E-state index in [0.29, 0.717) is 0 Å². The normalized spacial score (nSPS) is 9.29. The highest BCUT2D eigenvalue weighted by atomic mass is 14.6. The van der Waals surface area contributed by atoms with Crippen molar-refractivity contribution < 1.29 is 0 Å². The van der Waals surface area contributed by atoms with Crippen molar-refractivity contribution in [1.29, 1.82) is 5.26 Å². The van der Waals surface area contributed by atoms with E-state index in [9.17, 15) is 0 Å². The average molecular weight is 92.1 g/mol. The van der Waals surface area contributed by atoms with Crippen molar-refractivity contribution in [1.82, 2.24) is 0 Å². The van der Waals surface area contributed by atoms with Crippen molar-refractivity contribution in [2.45, 2.75) is 6.92 Å². The first-order chi connectivity index (χ1) is 3.35. The second-order valence-corrected chi connectivity index (χ2v) is 0.898. The number of hydrogen-bond acceptors (Lipinski definition) is 1. The monoisotopic (exact) mass is 92.0 g/mol. The molecule has 0 heterocycles. The van der Waals surface area contributed by atoms with E-state index in [4.69, 9.17) is 11.8 Å². The molecule has 0 aliphatic heterocycles. The summed E-state index contributed by atoms with van der Waals surface area (Å²) in [6.07, 6.45) is 1.48. The van der Waals surface area contributed by atoms with Crippen LogP contribution in [0.15, 0.2) is 11.8 Å². The van der Waals surface area contributed by atoms with Gasteiger partial charge < -0.3 is 0 Å². The minimum Gasteiger partial charge on any atom is -0.227 e. The van der Waals surface area contributed by atoms with E-state index in [1.54, 1.807) is 13.0 Å². The fourth-order valence-corrected chi connectivity index (χ4v) is 0.154. The summed E-state index contributed by atoms with van der Waals surface area (Å²) in [5, 5.41) is 7.99. The molecule has 0 spiro atoms. The lowest BCUT2D eigenvalue weighted by molar-refractivity contribution is 1.48. The van der Waals surface area contributed by atoms with E-state index in [2.05, 4.69) is 4.85 Å². The van der Waals surface area contributed by atoms with Crippen molar-refractivity contribution in [3.05, 3.63) is 23.2 Å². The molecule has 0 aromatic heterocycles. The standard InChI is InChI=1S/C5H4N2/c1-3-5(4-6)7-2/h3H,1H3. The number of hydrogen-bond donors (Lipinski definition) is 0. The average Bonchev–Trinajstić information content (AvgIpc) is 1.72. The van der Waals surface area contributed by atoms with E-state index in [0.717, 1.165) is 0 Å². The SMILES string of the molecule is [C-]#[N+]C(C#N)=CC. The van der Waals surface area contributed by atoms with Crippen molar-refractivity contribution in [3.8, 4) is 6.07 Å². The Morgan fingerprint density at radius 2 is 2.57 bits per heavy atom. The van der Waals surface area contributed by atoms with Crippen LogP contribution in [0.25, 0.3) is 4.85 Å².